The summed E-state index contributed by atoms with van der Waals surface area (Å²) in [5.74, 6) is -0.277. The highest BCUT2D eigenvalue weighted by molar-refractivity contribution is 7.91. The van der Waals surface area contributed by atoms with Gasteiger partial charge in [-0.05, 0) is 19.4 Å². The number of carbonyl (C=O) groups excluding carboxylic acids is 1. The van der Waals surface area contributed by atoms with E-state index in [1.807, 2.05) is 0 Å². The fraction of sp³-hybridized carbons (Fsp3) is 0.375. The molecule has 0 aromatic carbocycles. The summed E-state index contributed by atoms with van der Waals surface area (Å²) >= 11 is 0.963. The number of nitrogens with two attached hydrogens (primary N) is 1. The Morgan fingerprint density at radius 3 is 2.60 bits per heavy atom. The van der Waals surface area contributed by atoms with E-state index in [-0.39, 0.29) is 10.1 Å². The molecule has 84 valence electrons. The van der Waals surface area contributed by atoms with Crippen LogP contribution in [0.5, 0.6) is 0 Å². The van der Waals surface area contributed by atoms with Gasteiger partial charge in [-0.1, -0.05) is 0 Å². The number of thiophene rings is 1. The Labute approximate surface area is 92.3 Å². The zero-order valence-electron chi connectivity index (χ0n) is 8.40. The third-order valence-corrected chi connectivity index (χ3v) is 4.52. The third kappa shape index (κ3) is 2.55. The zero-order chi connectivity index (χ0) is 11.6. The van der Waals surface area contributed by atoms with Crippen LogP contribution in [-0.4, -0.2) is 20.9 Å². The Bertz CT molecular complexity index is 476. The molecule has 1 rings (SSSR count). The number of primary sulfonamides is 1. The van der Waals surface area contributed by atoms with Gasteiger partial charge >= 0.3 is 0 Å². The van der Waals surface area contributed by atoms with Gasteiger partial charge in [-0.2, -0.15) is 0 Å². The summed E-state index contributed by atoms with van der Waals surface area (Å²) in [5, 5.41) is 9.10. The Morgan fingerprint density at radius 2 is 2.20 bits per heavy atom. The summed E-state index contributed by atoms with van der Waals surface area (Å²) in [5.41, 5.74) is 0.777. The van der Waals surface area contributed by atoms with Gasteiger partial charge < -0.3 is 5.32 Å². The van der Waals surface area contributed by atoms with Crippen molar-refractivity contribution in [3.05, 3.63) is 16.5 Å². The van der Waals surface area contributed by atoms with Crippen LogP contribution < -0.4 is 10.5 Å². The molecule has 0 aliphatic carbocycles. The summed E-state index contributed by atoms with van der Waals surface area (Å²) < 4.78 is 22.3. The second kappa shape index (κ2) is 4.30. The molecular weight excluding hydrogens is 236 g/mol. The molecule has 1 amide bonds. The maximum Gasteiger partial charge on any atom is 0.252 e. The maximum atomic E-state index is 11.5. The normalized spacial score (nSPS) is 11.4. The molecule has 0 aliphatic rings. The molecule has 0 fully saturated rings. The summed E-state index contributed by atoms with van der Waals surface area (Å²) in [6, 6.07) is 0. The minimum absolute atomic E-state index is 0.0451. The van der Waals surface area contributed by atoms with E-state index in [2.05, 4.69) is 5.32 Å². The van der Waals surface area contributed by atoms with Crippen LogP contribution in [0, 0.1) is 6.92 Å². The number of hydrogen-bond acceptors (Lipinski definition) is 4. The van der Waals surface area contributed by atoms with Crippen molar-refractivity contribution >= 4 is 27.3 Å². The summed E-state index contributed by atoms with van der Waals surface area (Å²) in [4.78, 5) is 11.5. The van der Waals surface area contributed by atoms with Crippen molar-refractivity contribution in [2.75, 3.05) is 6.54 Å². The number of nitrogens with one attached hydrogen (secondary N) is 1. The second-order valence-electron chi connectivity index (χ2n) is 2.97. The van der Waals surface area contributed by atoms with Gasteiger partial charge in [0, 0.05) is 11.9 Å². The molecule has 1 aromatic heterocycles. The van der Waals surface area contributed by atoms with Gasteiger partial charge in [0.05, 0.1) is 5.56 Å². The smallest absolute Gasteiger partial charge is 0.252 e. The topological polar surface area (TPSA) is 89.3 Å². The first-order chi connectivity index (χ1) is 6.88. The van der Waals surface area contributed by atoms with E-state index >= 15 is 0 Å². The third-order valence-electron chi connectivity index (χ3n) is 1.83. The highest BCUT2D eigenvalue weighted by Crippen LogP contribution is 2.25. The van der Waals surface area contributed by atoms with E-state index in [0.717, 1.165) is 11.3 Å². The molecular formula is C8H12N2O3S2. The Kier molecular flexibility index (Phi) is 3.48. The largest absolute Gasteiger partial charge is 0.352 e. The highest BCUT2D eigenvalue weighted by Gasteiger charge is 2.20. The predicted molar refractivity (Wildman–Crippen MR) is 58.4 cm³/mol. The molecule has 0 saturated carbocycles. The molecule has 7 heteroatoms. The summed E-state index contributed by atoms with van der Waals surface area (Å²) in [6.07, 6.45) is 0. The van der Waals surface area contributed by atoms with Crippen LogP contribution in [0.3, 0.4) is 0 Å². The van der Waals surface area contributed by atoms with Crippen LogP contribution in [0.4, 0.5) is 0 Å². The Balaban J connectivity index is 3.16. The van der Waals surface area contributed by atoms with Crippen LogP contribution in [-0.2, 0) is 10.0 Å². The van der Waals surface area contributed by atoms with Crippen LogP contribution >= 0.6 is 11.3 Å². The van der Waals surface area contributed by atoms with Crippen LogP contribution in [0.2, 0.25) is 0 Å². The van der Waals surface area contributed by atoms with E-state index in [1.165, 1.54) is 5.38 Å². The fourth-order valence-electron chi connectivity index (χ4n) is 1.16. The molecule has 0 atom stereocenters. The Hall–Kier alpha value is -0.920. The molecule has 1 aromatic rings. The van der Waals surface area contributed by atoms with Crippen molar-refractivity contribution in [1.82, 2.24) is 5.32 Å². The van der Waals surface area contributed by atoms with Gasteiger partial charge in [-0.15, -0.1) is 11.3 Å². The van der Waals surface area contributed by atoms with Crippen molar-refractivity contribution < 1.29 is 13.2 Å². The molecule has 0 bridgehead atoms. The molecule has 0 saturated heterocycles. The van der Waals surface area contributed by atoms with Crippen molar-refractivity contribution in [3.8, 4) is 0 Å². The van der Waals surface area contributed by atoms with Crippen molar-refractivity contribution in [2.45, 2.75) is 18.1 Å². The molecule has 0 aliphatic heterocycles. The summed E-state index contributed by atoms with van der Waals surface area (Å²) in [6.45, 7) is 3.86. The lowest BCUT2D eigenvalue weighted by molar-refractivity contribution is 0.0955. The first-order valence-electron chi connectivity index (χ1n) is 4.27. The molecule has 0 spiro atoms. The quantitative estimate of drug-likeness (QED) is 0.814. The van der Waals surface area contributed by atoms with Gasteiger partial charge in [0.25, 0.3) is 5.91 Å². The SMILES string of the molecule is CCNC(=O)c1csc(S(N)(=O)=O)c1C. The van der Waals surface area contributed by atoms with Crippen molar-refractivity contribution in [2.24, 2.45) is 5.14 Å². The van der Waals surface area contributed by atoms with Crippen LogP contribution in [0.15, 0.2) is 9.59 Å². The van der Waals surface area contributed by atoms with Gasteiger partial charge in [0.15, 0.2) is 0 Å². The summed E-state index contributed by atoms with van der Waals surface area (Å²) in [7, 11) is -3.72. The Morgan fingerprint density at radius 1 is 1.60 bits per heavy atom. The number of hydrogen-bond donors (Lipinski definition) is 2. The lowest BCUT2D eigenvalue weighted by Gasteiger charge is -2.01. The first kappa shape index (κ1) is 12.2. The predicted octanol–water partition coefficient (Wildman–Crippen LogP) is 0.454. The molecule has 5 nitrogen and oxygen atoms in total. The van der Waals surface area contributed by atoms with Gasteiger partial charge in [0.1, 0.15) is 4.21 Å². The number of rotatable bonds is 3. The average Bonchev–Trinajstić information content (AvgIpc) is 2.46. The minimum atomic E-state index is -3.72. The van der Waals surface area contributed by atoms with E-state index in [0.29, 0.717) is 17.7 Å². The lowest BCUT2D eigenvalue weighted by Crippen LogP contribution is -2.23. The van der Waals surface area contributed by atoms with E-state index in [1.54, 1.807) is 13.8 Å². The number of amides is 1. The van der Waals surface area contributed by atoms with Crippen LogP contribution in [0.25, 0.3) is 0 Å². The average molecular weight is 248 g/mol. The van der Waals surface area contributed by atoms with Gasteiger partial charge in [-0.3, -0.25) is 4.79 Å². The zero-order valence-corrected chi connectivity index (χ0v) is 10.0. The monoisotopic (exact) mass is 248 g/mol. The van der Waals surface area contributed by atoms with Crippen LogP contribution in [0.1, 0.15) is 22.8 Å². The second-order valence-corrected chi connectivity index (χ2v) is 5.60. The molecule has 0 unspecified atom stereocenters. The van der Waals surface area contributed by atoms with E-state index < -0.39 is 10.0 Å². The molecule has 15 heavy (non-hydrogen) atoms. The number of carbonyl (C=O) groups is 1. The highest BCUT2D eigenvalue weighted by atomic mass is 32.2. The molecule has 0 radical (unpaired) electrons. The molecule has 3 N–H and O–H groups in total. The minimum Gasteiger partial charge on any atom is -0.352 e. The standard InChI is InChI=1S/C8H12N2O3S2/c1-3-10-7(11)6-4-14-8(5(6)2)15(9,12)13/h4H,3H2,1-2H3,(H,10,11)(H2,9,12,13). The first-order valence-corrected chi connectivity index (χ1v) is 6.69. The van der Waals surface area contributed by atoms with Gasteiger partial charge in [0.2, 0.25) is 10.0 Å². The maximum absolute atomic E-state index is 11.5. The van der Waals surface area contributed by atoms with Gasteiger partial charge in [-0.25, -0.2) is 13.6 Å². The van der Waals surface area contributed by atoms with E-state index in [9.17, 15) is 13.2 Å². The molecule has 1 heterocycles. The number of sulfonamides is 1. The van der Waals surface area contributed by atoms with E-state index in [4.69, 9.17) is 5.14 Å². The van der Waals surface area contributed by atoms with Crippen molar-refractivity contribution in [1.29, 1.82) is 0 Å². The lowest BCUT2D eigenvalue weighted by atomic mass is 10.2. The fourth-order valence-corrected chi connectivity index (χ4v) is 3.17. The van der Waals surface area contributed by atoms with Crippen molar-refractivity contribution in [3.63, 3.8) is 0 Å².